The van der Waals surface area contributed by atoms with Gasteiger partial charge in [-0.1, -0.05) is 18.5 Å². The molecule has 0 saturated carbocycles. The van der Waals surface area contributed by atoms with Gasteiger partial charge in [0, 0.05) is 18.0 Å². The molecule has 5 heteroatoms. The maximum atomic E-state index is 12.2. The predicted molar refractivity (Wildman–Crippen MR) is 99.6 cm³/mol. The zero-order valence-electron chi connectivity index (χ0n) is 14.1. The summed E-state index contributed by atoms with van der Waals surface area (Å²) >= 11 is 7.74. The Balaban J connectivity index is 1.69. The maximum Gasteiger partial charge on any atom is 0.252 e. The van der Waals surface area contributed by atoms with E-state index in [1.54, 1.807) is 17.8 Å². The molecule has 23 heavy (non-hydrogen) atoms. The van der Waals surface area contributed by atoms with Crippen LogP contribution in [0.25, 0.3) is 0 Å². The van der Waals surface area contributed by atoms with Crippen LogP contribution in [0.1, 0.15) is 43.0 Å². The van der Waals surface area contributed by atoms with Crippen molar-refractivity contribution in [2.45, 2.75) is 37.5 Å². The Morgan fingerprint density at radius 3 is 3.00 bits per heavy atom. The van der Waals surface area contributed by atoms with Gasteiger partial charge in [0.1, 0.15) is 0 Å². The highest BCUT2D eigenvalue weighted by molar-refractivity contribution is 7.98. The van der Waals surface area contributed by atoms with E-state index < -0.39 is 0 Å². The molecule has 0 aliphatic carbocycles. The monoisotopic (exact) mass is 354 g/mol. The third-order valence-electron chi connectivity index (χ3n) is 4.35. The summed E-state index contributed by atoms with van der Waals surface area (Å²) in [5.41, 5.74) is 0.573. The molecule has 1 heterocycles. The Morgan fingerprint density at radius 1 is 1.43 bits per heavy atom. The molecule has 1 aliphatic rings. The first-order valence-electron chi connectivity index (χ1n) is 8.44. The summed E-state index contributed by atoms with van der Waals surface area (Å²) in [6, 6.07) is 5.58. The fraction of sp³-hybridized carbons (Fsp3) is 0.611. The largest absolute Gasteiger partial charge is 0.352 e. The fourth-order valence-electron chi connectivity index (χ4n) is 3.05. The highest BCUT2D eigenvalue weighted by Gasteiger charge is 2.15. The van der Waals surface area contributed by atoms with Gasteiger partial charge in [0.05, 0.1) is 10.6 Å². The summed E-state index contributed by atoms with van der Waals surface area (Å²) in [5.74, 6) is 0.756. The van der Waals surface area contributed by atoms with Crippen LogP contribution in [-0.2, 0) is 0 Å². The van der Waals surface area contributed by atoms with E-state index >= 15 is 0 Å². The molecule has 1 fully saturated rings. The third kappa shape index (κ3) is 6.02. The standard InChI is InChI=1S/C18H27ClN2OS/c1-14-6-5-11-21(13-14)10-4-3-9-20-18(22)16-12-15(23-2)7-8-17(16)19/h7-8,12,14H,3-6,9-11,13H2,1-2H3,(H,20,22). The van der Waals surface area contributed by atoms with Gasteiger partial charge in [-0.15, -0.1) is 11.8 Å². The van der Waals surface area contributed by atoms with Crippen molar-refractivity contribution >= 4 is 29.3 Å². The zero-order chi connectivity index (χ0) is 16.7. The highest BCUT2D eigenvalue weighted by Crippen LogP contribution is 2.23. The molecule has 1 aromatic carbocycles. The van der Waals surface area contributed by atoms with Crippen LogP contribution in [0.4, 0.5) is 0 Å². The molecule has 3 nitrogen and oxygen atoms in total. The van der Waals surface area contributed by atoms with Gasteiger partial charge in [0.25, 0.3) is 5.91 Å². The van der Waals surface area contributed by atoms with E-state index in [0.29, 0.717) is 17.1 Å². The van der Waals surface area contributed by atoms with Crippen LogP contribution in [0.2, 0.25) is 5.02 Å². The third-order valence-corrected chi connectivity index (χ3v) is 5.40. The van der Waals surface area contributed by atoms with E-state index in [4.69, 9.17) is 11.6 Å². The van der Waals surface area contributed by atoms with Crippen LogP contribution in [-0.4, -0.2) is 43.2 Å². The number of amides is 1. The number of hydrogen-bond donors (Lipinski definition) is 1. The smallest absolute Gasteiger partial charge is 0.252 e. The average molecular weight is 355 g/mol. The van der Waals surface area contributed by atoms with Crippen molar-refractivity contribution in [2.24, 2.45) is 5.92 Å². The predicted octanol–water partition coefficient (Wildman–Crippen LogP) is 4.30. The van der Waals surface area contributed by atoms with Crippen molar-refractivity contribution in [3.05, 3.63) is 28.8 Å². The Kier molecular flexibility index (Phi) is 7.74. The molecule has 1 N–H and O–H groups in total. The highest BCUT2D eigenvalue weighted by atomic mass is 35.5. The molecule has 1 unspecified atom stereocenters. The van der Waals surface area contributed by atoms with Crippen molar-refractivity contribution in [3.8, 4) is 0 Å². The molecule has 1 aliphatic heterocycles. The first-order valence-corrected chi connectivity index (χ1v) is 10.0. The van der Waals surface area contributed by atoms with Crippen LogP contribution in [0, 0.1) is 5.92 Å². The summed E-state index contributed by atoms with van der Waals surface area (Å²) in [5, 5.41) is 3.50. The van der Waals surface area contributed by atoms with Crippen LogP contribution in [0.5, 0.6) is 0 Å². The number of carbonyl (C=O) groups is 1. The second-order valence-electron chi connectivity index (χ2n) is 6.36. The van der Waals surface area contributed by atoms with E-state index in [1.807, 2.05) is 18.4 Å². The average Bonchev–Trinajstić information content (AvgIpc) is 2.55. The number of carbonyl (C=O) groups excluding carboxylic acids is 1. The number of benzene rings is 1. The van der Waals surface area contributed by atoms with Crippen LogP contribution < -0.4 is 5.32 Å². The van der Waals surface area contributed by atoms with E-state index in [1.165, 1.54) is 25.9 Å². The first-order chi connectivity index (χ1) is 11.1. The molecule has 128 valence electrons. The topological polar surface area (TPSA) is 32.3 Å². The number of nitrogens with one attached hydrogen (secondary N) is 1. The lowest BCUT2D eigenvalue weighted by atomic mass is 10.0. The lowest BCUT2D eigenvalue weighted by molar-refractivity contribution is 0.0952. The number of piperidine rings is 1. The normalized spacial score (nSPS) is 18.8. The van der Waals surface area contributed by atoms with Gasteiger partial charge in [0.2, 0.25) is 0 Å². The summed E-state index contributed by atoms with van der Waals surface area (Å²) in [4.78, 5) is 15.8. The van der Waals surface area contributed by atoms with E-state index in [0.717, 1.165) is 30.2 Å². The molecule has 1 saturated heterocycles. The van der Waals surface area contributed by atoms with Crippen molar-refractivity contribution in [1.29, 1.82) is 0 Å². The van der Waals surface area contributed by atoms with Gasteiger partial charge in [-0.05, 0) is 69.1 Å². The molecule has 0 bridgehead atoms. The molecule has 1 atom stereocenters. The molecular formula is C18H27ClN2OS. The number of unbranched alkanes of at least 4 members (excludes halogenated alkanes) is 1. The van der Waals surface area contributed by atoms with E-state index in [-0.39, 0.29) is 5.91 Å². The lowest BCUT2D eigenvalue weighted by Crippen LogP contribution is -2.35. The number of halogens is 1. The quantitative estimate of drug-likeness (QED) is 0.585. The lowest BCUT2D eigenvalue weighted by Gasteiger charge is -2.30. The maximum absolute atomic E-state index is 12.2. The Morgan fingerprint density at radius 2 is 2.26 bits per heavy atom. The van der Waals surface area contributed by atoms with Gasteiger partial charge in [-0.2, -0.15) is 0 Å². The van der Waals surface area contributed by atoms with Gasteiger partial charge < -0.3 is 10.2 Å². The van der Waals surface area contributed by atoms with Gasteiger partial charge in [-0.25, -0.2) is 0 Å². The number of likely N-dealkylation sites (tertiary alicyclic amines) is 1. The zero-order valence-corrected chi connectivity index (χ0v) is 15.7. The minimum Gasteiger partial charge on any atom is -0.352 e. The molecular weight excluding hydrogens is 328 g/mol. The van der Waals surface area contributed by atoms with Crippen molar-refractivity contribution in [1.82, 2.24) is 10.2 Å². The summed E-state index contributed by atoms with van der Waals surface area (Å²) in [6.45, 7) is 6.64. The molecule has 0 spiro atoms. The molecule has 0 aromatic heterocycles. The van der Waals surface area contributed by atoms with E-state index in [2.05, 4.69) is 17.1 Å². The fourth-order valence-corrected chi connectivity index (χ4v) is 3.70. The Bertz CT molecular complexity index is 524. The Hall–Kier alpha value is -0.710. The summed E-state index contributed by atoms with van der Waals surface area (Å²) in [6.07, 6.45) is 6.82. The number of rotatable bonds is 7. The summed E-state index contributed by atoms with van der Waals surface area (Å²) < 4.78 is 0. The van der Waals surface area contributed by atoms with Gasteiger partial charge in [-0.3, -0.25) is 4.79 Å². The van der Waals surface area contributed by atoms with Gasteiger partial charge in [0.15, 0.2) is 0 Å². The second kappa shape index (κ2) is 9.55. The van der Waals surface area contributed by atoms with Crippen molar-refractivity contribution < 1.29 is 4.79 Å². The van der Waals surface area contributed by atoms with E-state index in [9.17, 15) is 4.79 Å². The molecule has 1 amide bonds. The van der Waals surface area contributed by atoms with Crippen LogP contribution >= 0.6 is 23.4 Å². The number of thioether (sulfide) groups is 1. The number of hydrogen-bond acceptors (Lipinski definition) is 3. The summed E-state index contributed by atoms with van der Waals surface area (Å²) in [7, 11) is 0. The number of nitrogens with zero attached hydrogens (tertiary/aromatic N) is 1. The van der Waals surface area contributed by atoms with Gasteiger partial charge >= 0.3 is 0 Å². The molecule has 1 aromatic rings. The first kappa shape index (κ1) is 18.6. The minimum absolute atomic E-state index is 0.0718. The Labute approximate surface area is 149 Å². The SMILES string of the molecule is CSc1ccc(Cl)c(C(=O)NCCCCN2CCCC(C)C2)c1. The second-order valence-corrected chi connectivity index (χ2v) is 7.64. The minimum atomic E-state index is -0.0718. The van der Waals surface area contributed by atoms with Crippen molar-refractivity contribution in [3.63, 3.8) is 0 Å². The van der Waals surface area contributed by atoms with Crippen LogP contribution in [0.3, 0.4) is 0 Å². The van der Waals surface area contributed by atoms with Crippen molar-refractivity contribution in [2.75, 3.05) is 32.4 Å². The molecule has 2 rings (SSSR count). The molecule has 0 radical (unpaired) electrons. The van der Waals surface area contributed by atoms with Crippen LogP contribution in [0.15, 0.2) is 23.1 Å².